The second kappa shape index (κ2) is 7.09. The number of nitrogens with zero attached hydrogens (tertiary/aromatic N) is 1. The lowest BCUT2D eigenvalue weighted by atomic mass is 10.1. The van der Waals surface area contributed by atoms with Gasteiger partial charge in [-0.1, -0.05) is 12.1 Å². The van der Waals surface area contributed by atoms with Gasteiger partial charge in [0, 0.05) is 13.2 Å². The molecule has 20 heavy (non-hydrogen) atoms. The lowest BCUT2D eigenvalue weighted by molar-refractivity contribution is 0.111. The van der Waals surface area contributed by atoms with Crippen LogP contribution in [0.1, 0.15) is 31.2 Å². The molecule has 2 saturated heterocycles. The normalized spacial score (nSPS) is 23.3. The summed E-state index contributed by atoms with van der Waals surface area (Å²) in [6.45, 7) is 5.26. The summed E-state index contributed by atoms with van der Waals surface area (Å²) in [5, 5.41) is 0. The Kier molecular flexibility index (Phi) is 4.93. The Morgan fingerprint density at radius 3 is 2.60 bits per heavy atom. The van der Waals surface area contributed by atoms with Gasteiger partial charge in [-0.05, 0) is 62.9 Å². The molecular weight excluding hydrogens is 250 g/mol. The van der Waals surface area contributed by atoms with Crippen molar-refractivity contribution < 1.29 is 9.47 Å². The van der Waals surface area contributed by atoms with Crippen molar-refractivity contribution in [1.29, 1.82) is 0 Å². The van der Waals surface area contributed by atoms with Crippen LogP contribution in [0.4, 0.5) is 0 Å². The molecule has 0 saturated carbocycles. The van der Waals surface area contributed by atoms with Crippen LogP contribution in [0.5, 0.6) is 5.75 Å². The van der Waals surface area contributed by atoms with E-state index in [1.165, 1.54) is 44.3 Å². The van der Waals surface area contributed by atoms with Crippen LogP contribution in [0.3, 0.4) is 0 Å². The minimum Gasteiger partial charge on any atom is -0.492 e. The first-order valence-corrected chi connectivity index (χ1v) is 7.96. The highest BCUT2D eigenvalue weighted by molar-refractivity contribution is 5.27. The highest BCUT2D eigenvalue weighted by atomic mass is 16.5. The molecule has 2 aliphatic heterocycles. The second-order valence-electron chi connectivity index (χ2n) is 5.88. The molecule has 3 rings (SSSR count). The van der Waals surface area contributed by atoms with Gasteiger partial charge in [-0.15, -0.1) is 0 Å². The smallest absolute Gasteiger partial charge is 0.119 e. The summed E-state index contributed by atoms with van der Waals surface area (Å²) in [7, 11) is 0. The summed E-state index contributed by atoms with van der Waals surface area (Å²) in [5.74, 6) is 0.986. The predicted octanol–water partition coefficient (Wildman–Crippen LogP) is 2.88. The quantitative estimate of drug-likeness (QED) is 0.797. The van der Waals surface area contributed by atoms with Crippen LogP contribution in [-0.4, -0.2) is 43.9 Å². The van der Waals surface area contributed by atoms with Crippen molar-refractivity contribution in [2.75, 3.05) is 32.8 Å². The van der Waals surface area contributed by atoms with Gasteiger partial charge in [0.25, 0.3) is 0 Å². The van der Waals surface area contributed by atoms with Gasteiger partial charge >= 0.3 is 0 Å². The fourth-order valence-corrected chi connectivity index (χ4v) is 3.09. The summed E-state index contributed by atoms with van der Waals surface area (Å²) in [5.41, 5.74) is 1.35. The van der Waals surface area contributed by atoms with Crippen molar-refractivity contribution >= 4 is 0 Å². The van der Waals surface area contributed by atoms with Crippen molar-refractivity contribution in [3.8, 4) is 5.75 Å². The first-order valence-electron chi connectivity index (χ1n) is 7.96. The minimum absolute atomic E-state index is 0.428. The fourth-order valence-electron chi connectivity index (χ4n) is 3.09. The Morgan fingerprint density at radius 2 is 1.90 bits per heavy atom. The molecule has 0 aliphatic carbocycles. The lowest BCUT2D eigenvalue weighted by Gasteiger charge is -2.15. The number of rotatable bonds is 6. The molecule has 3 heteroatoms. The molecule has 1 aromatic carbocycles. The third-order valence-electron chi connectivity index (χ3n) is 4.29. The molecule has 3 nitrogen and oxygen atoms in total. The molecule has 2 heterocycles. The predicted molar refractivity (Wildman–Crippen MR) is 80.3 cm³/mol. The van der Waals surface area contributed by atoms with E-state index >= 15 is 0 Å². The third-order valence-corrected chi connectivity index (χ3v) is 4.29. The van der Waals surface area contributed by atoms with E-state index in [1.807, 2.05) is 0 Å². The number of benzene rings is 1. The maximum absolute atomic E-state index is 5.82. The van der Waals surface area contributed by atoms with Crippen molar-refractivity contribution in [2.24, 2.45) is 0 Å². The number of ether oxygens (including phenoxy) is 2. The Morgan fingerprint density at radius 1 is 1.10 bits per heavy atom. The van der Waals surface area contributed by atoms with Gasteiger partial charge in [0.1, 0.15) is 12.4 Å². The van der Waals surface area contributed by atoms with Gasteiger partial charge in [-0.2, -0.15) is 0 Å². The molecule has 1 aromatic rings. The molecule has 1 unspecified atom stereocenters. The van der Waals surface area contributed by atoms with E-state index in [-0.39, 0.29) is 0 Å². The number of likely N-dealkylation sites (tertiary alicyclic amines) is 1. The van der Waals surface area contributed by atoms with E-state index in [9.17, 15) is 0 Å². The molecule has 0 spiro atoms. The van der Waals surface area contributed by atoms with E-state index < -0.39 is 0 Å². The third kappa shape index (κ3) is 3.97. The molecule has 0 aromatic heterocycles. The van der Waals surface area contributed by atoms with Crippen LogP contribution in [0.15, 0.2) is 24.3 Å². The molecule has 0 amide bonds. The van der Waals surface area contributed by atoms with E-state index in [0.717, 1.165) is 31.9 Å². The van der Waals surface area contributed by atoms with Crippen molar-refractivity contribution in [3.63, 3.8) is 0 Å². The SMILES string of the molecule is c1cc(OCCN2CCCC2)ccc1CC1CCCO1. The monoisotopic (exact) mass is 275 g/mol. The Hall–Kier alpha value is -1.06. The zero-order valence-corrected chi connectivity index (χ0v) is 12.2. The molecule has 2 aliphatic rings. The van der Waals surface area contributed by atoms with Gasteiger partial charge < -0.3 is 9.47 Å². The average molecular weight is 275 g/mol. The van der Waals surface area contributed by atoms with Gasteiger partial charge in [-0.25, -0.2) is 0 Å². The van der Waals surface area contributed by atoms with Crippen LogP contribution in [0.2, 0.25) is 0 Å². The Bertz CT molecular complexity index is 392. The van der Waals surface area contributed by atoms with Gasteiger partial charge in [0.15, 0.2) is 0 Å². The summed E-state index contributed by atoms with van der Waals surface area (Å²) in [6, 6.07) is 8.53. The summed E-state index contributed by atoms with van der Waals surface area (Å²) in [4.78, 5) is 2.48. The van der Waals surface area contributed by atoms with E-state index in [4.69, 9.17) is 9.47 Å². The molecule has 0 N–H and O–H groups in total. The first kappa shape index (κ1) is 13.9. The van der Waals surface area contributed by atoms with Crippen molar-refractivity contribution in [3.05, 3.63) is 29.8 Å². The van der Waals surface area contributed by atoms with Gasteiger partial charge in [0.05, 0.1) is 6.10 Å². The molecule has 1 atom stereocenters. The maximum Gasteiger partial charge on any atom is 0.119 e. The van der Waals surface area contributed by atoms with Crippen LogP contribution in [-0.2, 0) is 11.2 Å². The van der Waals surface area contributed by atoms with E-state index in [1.54, 1.807) is 0 Å². The highest BCUT2D eigenvalue weighted by Gasteiger charge is 2.15. The summed E-state index contributed by atoms with van der Waals surface area (Å²) >= 11 is 0. The highest BCUT2D eigenvalue weighted by Crippen LogP contribution is 2.19. The van der Waals surface area contributed by atoms with Gasteiger partial charge in [-0.3, -0.25) is 4.90 Å². The first-order chi connectivity index (χ1) is 9.90. The zero-order valence-electron chi connectivity index (χ0n) is 12.2. The molecule has 2 fully saturated rings. The second-order valence-corrected chi connectivity index (χ2v) is 5.88. The van der Waals surface area contributed by atoms with Crippen LogP contribution in [0, 0.1) is 0 Å². The molecule has 0 bridgehead atoms. The van der Waals surface area contributed by atoms with E-state index in [2.05, 4.69) is 29.2 Å². The van der Waals surface area contributed by atoms with Gasteiger partial charge in [0.2, 0.25) is 0 Å². The average Bonchev–Trinajstić information content (AvgIpc) is 3.14. The number of hydrogen-bond acceptors (Lipinski definition) is 3. The minimum atomic E-state index is 0.428. The van der Waals surface area contributed by atoms with E-state index in [0.29, 0.717) is 6.10 Å². The number of hydrogen-bond donors (Lipinski definition) is 0. The maximum atomic E-state index is 5.82. The molecule has 110 valence electrons. The van der Waals surface area contributed by atoms with Crippen molar-refractivity contribution in [1.82, 2.24) is 4.90 Å². The van der Waals surface area contributed by atoms with Crippen LogP contribution >= 0.6 is 0 Å². The Balaban J connectivity index is 1.41. The van der Waals surface area contributed by atoms with Crippen molar-refractivity contribution in [2.45, 2.75) is 38.2 Å². The zero-order chi connectivity index (χ0) is 13.6. The largest absolute Gasteiger partial charge is 0.492 e. The molecule has 0 radical (unpaired) electrons. The van der Waals surface area contributed by atoms with Crippen LogP contribution < -0.4 is 4.74 Å². The molecular formula is C17H25NO2. The summed E-state index contributed by atoms with van der Waals surface area (Å²) < 4.78 is 11.5. The summed E-state index contributed by atoms with van der Waals surface area (Å²) in [6.07, 6.45) is 6.57. The topological polar surface area (TPSA) is 21.7 Å². The Labute approximate surface area is 121 Å². The van der Waals surface area contributed by atoms with Crippen LogP contribution in [0.25, 0.3) is 0 Å². The lowest BCUT2D eigenvalue weighted by Crippen LogP contribution is -2.25. The fraction of sp³-hybridized carbons (Fsp3) is 0.647. The standard InChI is InChI=1S/C17H25NO2/c1-2-10-18(9-1)11-13-20-16-7-5-15(6-8-16)14-17-4-3-12-19-17/h5-8,17H,1-4,9-14H2.